The monoisotopic (exact) mass is 724 g/mol. The normalized spacial score (nSPS) is 54.2. The van der Waals surface area contributed by atoms with Gasteiger partial charge in [0.2, 0.25) is 0 Å². The number of rotatable bonds is 9. The molecule has 6 heterocycles. The van der Waals surface area contributed by atoms with Gasteiger partial charge in [-0.1, -0.05) is 41.5 Å². The SMILES string of the molecule is CO[C@@H]1C[C@@H](C[C@@H]2CC[C@@H](C)[C@@H]([C@H](C)C(=O)O)O2)O[C@]2(O[C@](C)([C@H]3CC[C@@](C)([C@H]4O[C@H]([C@H]5O[C@@](O)(CO)[C@H](C)C[C@@H]5C)C[C@H]4C)O3)C[C@H]2C)[C@@H]1C. The van der Waals surface area contributed by atoms with Crippen LogP contribution in [-0.4, -0.2) is 107 Å². The minimum atomic E-state index is -1.55. The smallest absolute Gasteiger partial charge is 0.308 e. The van der Waals surface area contributed by atoms with Crippen LogP contribution in [-0.2, 0) is 38.0 Å². The summed E-state index contributed by atoms with van der Waals surface area (Å²) in [5, 5.41) is 30.7. The van der Waals surface area contributed by atoms with Crippen LogP contribution in [0.2, 0.25) is 0 Å². The maximum atomic E-state index is 11.8. The van der Waals surface area contributed by atoms with Gasteiger partial charge in [0.25, 0.3) is 0 Å². The maximum Gasteiger partial charge on any atom is 0.308 e. The van der Waals surface area contributed by atoms with Crippen LogP contribution in [0.25, 0.3) is 0 Å². The fourth-order valence-corrected chi connectivity index (χ4v) is 11.3. The van der Waals surface area contributed by atoms with Crippen LogP contribution in [0, 0.1) is 41.4 Å². The Balaban J connectivity index is 1.13. The number of hydrogen-bond donors (Lipinski definition) is 3. The van der Waals surface area contributed by atoms with Crippen LogP contribution in [0.3, 0.4) is 0 Å². The molecule has 0 amide bonds. The largest absolute Gasteiger partial charge is 0.481 e. The van der Waals surface area contributed by atoms with Gasteiger partial charge in [-0.2, -0.15) is 0 Å². The van der Waals surface area contributed by atoms with Crippen molar-refractivity contribution in [3.8, 4) is 0 Å². The Kier molecular flexibility index (Phi) is 11.4. The van der Waals surface area contributed by atoms with Crippen LogP contribution in [0.4, 0.5) is 0 Å². The van der Waals surface area contributed by atoms with Crippen molar-refractivity contribution >= 4 is 5.97 Å². The molecule has 6 rings (SSSR count). The van der Waals surface area contributed by atoms with Gasteiger partial charge in [-0.3, -0.25) is 4.79 Å². The summed E-state index contributed by atoms with van der Waals surface area (Å²) in [5.41, 5.74) is -1.10. The fraction of sp³-hybridized carbons (Fsp3) is 0.975. The molecule has 0 bridgehead atoms. The molecule has 6 saturated heterocycles. The molecule has 11 nitrogen and oxygen atoms in total. The molecule has 19 atom stereocenters. The Morgan fingerprint density at radius 2 is 1.59 bits per heavy atom. The van der Waals surface area contributed by atoms with E-state index in [-0.39, 0.29) is 84.3 Å². The average Bonchev–Trinajstić information content (AvgIpc) is 3.75. The highest BCUT2D eigenvalue weighted by atomic mass is 16.7. The molecule has 0 radical (unpaired) electrons. The van der Waals surface area contributed by atoms with Gasteiger partial charge in [-0.05, 0) is 83.5 Å². The molecule has 6 aliphatic rings. The second-order valence-electron chi connectivity index (χ2n) is 18.4. The van der Waals surface area contributed by atoms with Crippen LogP contribution in [0.15, 0.2) is 0 Å². The summed E-state index contributed by atoms with van der Waals surface area (Å²) in [6, 6.07) is 0. The third kappa shape index (κ3) is 7.19. The molecule has 51 heavy (non-hydrogen) atoms. The summed E-state index contributed by atoms with van der Waals surface area (Å²) in [6.45, 7) is 18.4. The molecule has 294 valence electrons. The van der Waals surface area contributed by atoms with E-state index in [1.54, 1.807) is 14.0 Å². The highest BCUT2D eigenvalue weighted by Gasteiger charge is 2.65. The van der Waals surface area contributed by atoms with E-state index in [1.807, 2.05) is 6.92 Å². The number of carboxylic acid groups (broad SMARTS) is 1. The Morgan fingerprint density at radius 1 is 0.863 bits per heavy atom. The summed E-state index contributed by atoms with van der Waals surface area (Å²) < 4.78 is 47.0. The molecule has 3 N–H and O–H groups in total. The number of aliphatic hydroxyl groups is 2. The number of aliphatic carboxylic acids is 1. The molecule has 6 aliphatic heterocycles. The van der Waals surface area contributed by atoms with Crippen molar-refractivity contribution in [1.82, 2.24) is 0 Å². The molecule has 6 fully saturated rings. The van der Waals surface area contributed by atoms with Gasteiger partial charge < -0.3 is 48.5 Å². The van der Waals surface area contributed by atoms with Gasteiger partial charge in [-0.25, -0.2) is 0 Å². The van der Waals surface area contributed by atoms with Crippen molar-refractivity contribution < 1.29 is 53.3 Å². The van der Waals surface area contributed by atoms with E-state index in [2.05, 4.69) is 48.5 Å². The van der Waals surface area contributed by atoms with Crippen molar-refractivity contribution in [2.24, 2.45) is 41.4 Å². The number of methoxy groups -OCH3 is 1. The van der Waals surface area contributed by atoms with E-state index < -0.39 is 41.3 Å². The first-order valence-corrected chi connectivity index (χ1v) is 20.0. The fourth-order valence-electron chi connectivity index (χ4n) is 11.3. The number of aliphatic hydroxyl groups excluding tert-OH is 1. The van der Waals surface area contributed by atoms with Crippen molar-refractivity contribution in [3.05, 3.63) is 0 Å². The van der Waals surface area contributed by atoms with Crippen molar-refractivity contribution in [2.45, 2.75) is 192 Å². The Labute approximate surface area is 305 Å². The Hall–Kier alpha value is -0.890. The van der Waals surface area contributed by atoms with Gasteiger partial charge in [-0.15, -0.1) is 0 Å². The molecule has 11 heteroatoms. The van der Waals surface area contributed by atoms with E-state index in [4.69, 9.17) is 33.2 Å². The van der Waals surface area contributed by atoms with Gasteiger partial charge >= 0.3 is 5.97 Å². The zero-order valence-electron chi connectivity index (χ0n) is 32.8. The van der Waals surface area contributed by atoms with Gasteiger partial charge in [0.05, 0.1) is 72.6 Å². The summed E-state index contributed by atoms with van der Waals surface area (Å²) in [4.78, 5) is 11.8. The second-order valence-corrected chi connectivity index (χ2v) is 18.4. The summed E-state index contributed by atoms with van der Waals surface area (Å²) >= 11 is 0. The molecule has 1 spiro atoms. The first-order chi connectivity index (χ1) is 23.9. The predicted molar refractivity (Wildman–Crippen MR) is 189 cm³/mol. The van der Waals surface area contributed by atoms with E-state index in [0.29, 0.717) is 6.42 Å². The quantitative estimate of drug-likeness (QED) is 0.269. The third-order valence-electron chi connectivity index (χ3n) is 14.4. The topological polar surface area (TPSA) is 142 Å². The first-order valence-electron chi connectivity index (χ1n) is 20.0. The maximum absolute atomic E-state index is 11.8. The highest BCUT2D eigenvalue weighted by molar-refractivity contribution is 5.70. The lowest BCUT2D eigenvalue weighted by atomic mass is 9.78. The minimum Gasteiger partial charge on any atom is -0.481 e. The van der Waals surface area contributed by atoms with Crippen LogP contribution >= 0.6 is 0 Å². The molecule has 0 unspecified atom stereocenters. The highest BCUT2D eigenvalue weighted by Crippen LogP contribution is 2.57. The van der Waals surface area contributed by atoms with Gasteiger partial charge in [0, 0.05) is 37.7 Å². The Bertz CT molecular complexity index is 1230. The zero-order chi connectivity index (χ0) is 37.3. The van der Waals surface area contributed by atoms with E-state index in [9.17, 15) is 20.1 Å². The lowest BCUT2D eigenvalue weighted by Gasteiger charge is -2.50. The average molecular weight is 725 g/mol. The van der Waals surface area contributed by atoms with Crippen molar-refractivity contribution in [3.63, 3.8) is 0 Å². The molecule has 0 aromatic rings. The number of carboxylic acids is 1. The van der Waals surface area contributed by atoms with Crippen LogP contribution < -0.4 is 0 Å². The van der Waals surface area contributed by atoms with E-state index in [0.717, 1.165) is 51.4 Å². The number of ether oxygens (including phenoxy) is 7. The zero-order valence-corrected chi connectivity index (χ0v) is 32.8. The second kappa shape index (κ2) is 14.6. The number of carbonyl (C=O) groups is 1. The molecule has 0 aliphatic carbocycles. The van der Waals surface area contributed by atoms with E-state index in [1.165, 1.54) is 0 Å². The molecule has 0 saturated carbocycles. The standard InChI is InChI=1S/C40H68O11/c1-21-11-12-28(46-33(21)26(6)36(42)43)17-29-18-30(45-10)27(7)40(48-29)25(5)19-38(9,51-40)32-13-14-37(8,49-32)35-23(3)16-31(47-35)34-22(2)15-24(4)39(44,20-41)50-34/h21-35,41,44H,11-20H2,1-10H3,(H,42,43)/t21-,22+,23-,24-,25-,26+,27-,28+,29-,30-,31+,32-,33+,34+,35+,37+,38+,39+,40-/m1/s1. The third-order valence-corrected chi connectivity index (χ3v) is 14.4. The van der Waals surface area contributed by atoms with Crippen molar-refractivity contribution in [1.29, 1.82) is 0 Å². The van der Waals surface area contributed by atoms with E-state index >= 15 is 0 Å². The van der Waals surface area contributed by atoms with Crippen LogP contribution in [0.1, 0.15) is 120 Å². The lowest BCUT2D eigenvalue weighted by Crippen LogP contribution is -2.58. The van der Waals surface area contributed by atoms with Gasteiger partial charge in [0.1, 0.15) is 0 Å². The summed E-state index contributed by atoms with van der Waals surface area (Å²) in [7, 11) is 1.77. The van der Waals surface area contributed by atoms with Crippen molar-refractivity contribution in [2.75, 3.05) is 13.7 Å². The minimum absolute atomic E-state index is 0.00727. The summed E-state index contributed by atoms with van der Waals surface area (Å²) in [5.74, 6) is -3.26. The molecule has 0 aromatic heterocycles. The first kappa shape index (κ1) is 39.8. The summed E-state index contributed by atoms with van der Waals surface area (Å²) in [6.07, 6.45) is 5.85. The Morgan fingerprint density at radius 3 is 2.25 bits per heavy atom. The predicted octanol–water partition coefficient (Wildman–Crippen LogP) is 5.71. The molecular weight excluding hydrogens is 656 g/mol. The molecule has 0 aromatic carbocycles. The lowest BCUT2D eigenvalue weighted by molar-refractivity contribution is -0.353. The van der Waals surface area contributed by atoms with Gasteiger partial charge in [0.15, 0.2) is 11.6 Å². The van der Waals surface area contributed by atoms with Crippen LogP contribution in [0.5, 0.6) is 0 Å². The number of hydrogen-bond acceptors (Lipinski definition) is 10. The molecular formula is C40H68O11.